The Bertz CT molecular complexity index is 1090. The van der Waals surface area contributed by atoms with Crippen molar-refractivity contribution in [3.8, 4) is 28.3 Å². The molecule has 4 rings (SSSR count). The lowest BCUT2D eigenvalue weighted by atomic mass is 10.1. The molecule has 0 fully saturated rings. The number of nitrogens with one attached hydrogen (secondary N) is 2. The van der Waals surface area contributed by atoms with Gasteiger partial charge >= 0.3 is 0 Å². The average molecular weight is 379 g/mol. The van der Waals surface area contributed by atoms with Crippen LogP contribution in [0.3, 0.4) is 0 Å². The van der Waals surface area contributed by atoms with Crippen LogP contribution >= 0.6 is 11.3 Å². The Hall–Kier alpha value is -3.45. The van der Waals surface area contributed by atoms with Crippen molar-refractivity contribution in [2.24, 2.45) is 0 Å². The highest BCUT2D eigenvalue weighted by molar-refractivity contribution is 7.12. The molecule has 2 aromatic carbocycles. The molecule has 0 bridgehead atoms. The molecular weight excluding hydrogens is 365 g/mol. The number of H-pyrrole nitrogens is 1. The second-order valence-electron chi connectivity index (χ2n) is 5.84. The van der Waals surface area contributed by atoms with Gasteiger partial charge in [-0.15, -0.1) is 11.3 Å². The zero-order chi connectivity index (χ0) is 18.8. The number of hydrogen-bond acceptors (Lipinski definition) is 4. The van der Waals surface area contributed by atoms with Gasteiger partial charge in [0.25, 0.3) is 5.91 Å². The molecule has 0 saturated carbocycles. The number of aromatic nitrogens is 2. The SMILES string of the molecule is O=C(Nc1ccc(-c2cc(-c3cc(F)ccc3O)[nH]n2)cc1)c1cccs1. The Labute approximate surface area is 158 Å². The molecule has 5 nitrogen and oxygen atoms in total. The summed E-state index contributed by atoms with van der Waals surface area (Å²) in [6, 6.07) is 16.3. The molecule has 2 heterocycles. The Kier molecular flexibility index (Phi) is 4.43. The lowest BCUT2D eigenvalue weighted by molar-refractivity contribution is 0.103. The second-order valence-corrected chi connectivity index (χ2v) is 6.78. The lowest BCUT2D eigenvalue weighted by Gasteiger charge is -2.04. The van der Waals surface area contributed by atoms with Crippen LogP contribution in [0.15, 0.2) is 66.0 Å². The van der Waals surface area contributed by atoms with E-state index in [2.05, 4.69) is 15.5 Å². The molecule has 1 amide bonds. The van der Waals surface area contributed by atoms with E-state index in [1.165, 1.54) is 29.5 Å². The quantitative estimate of drug-likeness (QED) is 0.472. The summed E-state index contributed by atoms with van der Waals surface area (Å²) in [7, 11) is 0. The van der Waals surface area contributed by atoms with Crippen LogP contribution in [0.4, 0.5) is 10.1 Å². The maximum absolute atomic E-state index is 13.4. The summed E-state index contributed by atoms with van der Waals surface area (Å²) in [6.07, 6.45) is 0. The first-order valence-electron chi connectivity index (χ1n) is 8.10. The molecule has 0 aliphatic carbocycles. The van der Waals surface area contributed by atoms with Gasteiger partial charge in [0.2, 0.25) is 0 Å². The van der Waals surface area contributed by atoms with Gasteiger partial charge in [0.05, 0.1) is 16.3 Å². The number of carbonyl (C=O) groups is 1. The van der Waals surface area contributed by atoms with Gasteiger partial charge in [-0.2, -0.15) is 5.10 Å². The monoisotopic (exact) mass is 379 g/mol. The van der Waals surface area contributed by atoms with Gasteiger partial charge < -0.3 is 10.4 Å². The Morgan fingerprint density at radius 3 is 2.67 bits per heavy atom. The van der Waals surface area contributed by atoms with Crippen molar-refractivity contribution in [2.45, 2.75) is 0 Å². The third kappa shape index (κ3) is 3.58. The van der Waals surface area contributed by atoms with E-state index < -0.39 is 5.82 Å². The first-order valence-corrected chi connectivity index (χ1v) is 8.98. The van der Waals surface area contributed by atoms with Crippen LogP contribution in [0.5, 0.6) is 5.75 Å². The summed E-state index contributed by atoms with van der Waals surface area (Å²) in [4.78, 5) is 12.7. The molecule has 3 N–H and O–H groups in total. The largest absolute Gasteiger partial charge is 0.507 e. The number of thiophene rings is 1. The molecule has 2 aromatic heterocycles. The predicted molar refractivity (Wildman–Crippen MR) is 103 cm³/mol. The van der Waals surface area contributed by atoms with Crippen LogP contribution in [0, 0.1) is 5.82 Å². The van der Waals surface area contributed by atoms with Crippen LogP contribution in [-0.2, 0) is 0 Å². The Balaban J connectivity index is 1.54. The molecule has 134 valence electrons. The fourth-order valence-electron chi connectivity index (χ4n) is 2.66. The van der Waals surface area contributed by atoms with Crippen molar-refractivity contribution >= 4 is 22.9 Å². The van der Waals surface area contributed by atoms with E-state index in [0.717, 1.165) is 5.56 Å². The minimum Gasteiger partial charge on any atom is -0.507 e. The standard InChI is InChI=1S/C20H14FN3O2S/c21-13-5-8-18(25)15(10-13)17-11-16(23-24-17)12-3-6-14(7-4-12)22-20(26)19-2-1-9-27-19/h1-11,25H,(H,22,26)(H,23,24). The average Bonchev–Trinajstić information content (AvgIpc) is 3.36. The number of aromatic amines is 1. The summed E-state index contributed by atoms with van der Waals surface area (Å²) < 4.78 is 13.4. The number of phenolic OH excluding ortho intramolecular Hbond substituents is 1. The third-order valence-electron chi connectivity index (χ3n) is 4.01. The molecule has 0 atom stereocenters. The van der Waals surface area contributed by atoms with Crippen LogP contribution in [-0.4, -0.2) is 21.2 Å². The summed E-state index contributed by atoms with van der Waals surface area (Å²) in [5.41, 5.74) is 2.99. The van der Waals surface area contributed by atoms with Crippen molar-refractivity contribution < 1.29 is 14.3 Å². The van der Waals surface area contributed by atoms with E-state index in [4.69, 9.17) is 0 Å². The zero-order valence-corrected chi connectivity index (χ0v) is 14.8. The summed E-state index contributed by atoms with van der Waals surface area (Å²) in [5, 5.41) is 21.6. The number of hydrogen-bond donors (Lipinski definition) is 3. The highest BCUT2D eigenvalue weighted by atomic mass is 32.1. The molecule has 0 radical (unpaired) electrons. The van der Waals surface area contributed by atoms with E-state index in [9.17, 15) is 14.3 Å². The maximum atomic E-state index is 13.4. The summed E-state index contributed by atoms with van der Waals surface area (Å²) in [5.74, 6) is -0.621. The first-order chi connectivity index (χ1) is 13.1. The van der Waals surface area contributed by atoms with Crippen LogP contribution in [0.2, 0.25) is 0 Å². The van der Waals surface area contributed by atoms with Crippen molar-refractivity contribution in [3.05, 3.63) is 76.7 Å². The van der Waals surface area contributed by atoms with Gasteiger partial charge in [-0.1, -0.05) is 18.2 Å². The number of carbonyl (C=O) groups excluding carboxylic acids is 1. The molecule has 0 aliphatic heterocycles. The molecule has 0 saturated heterocycles. The number of aromatic hydroxyl groups is 1. The first kappa shape index (κ1) is 17.0. The lowest BCUT2D eigenvalue weighted by Crippen LogP contribution is -2.09. The summed E-state index contributed by atoms with van der Waals surface area (Å²) >= 11 is 1.38. The molecule has 4 aromatic rings. The number of phenols is 1. The molecular formula is C20H14FN3O2S. The number of nitrogens with zero attached hydrogens (tertiary/aromatic N) is 1. The summed E-state index contributed by atoms with van der Waals surface area (Å²) in [6.45, 7) is 0. The smallest absolute Gasteiger partial charge is 0.265 e. The fraction of sp³-hybridized carbons (Fsp3) is 0. The van der Waals surface area contributed by atoms with E-state index in [0.29, 0.717) is 27.5 Å². The molecule has 0 spiro atoms. The van der Waals surface area contributed by atoms with Gasteiger partial charge in [0, 0.05) is 16.8 Å². The molecule has 0 unspecified atom stereocenters. The molecule has 0 aliphatic rings. The van der Waals surface area contributed by atoms with Crippen LogP contribution < -0.4 is 5.32 Å². The Morgan fingerprint density at radius 1 is 1.11 bits per heavy atom. The Morgan fingerprint density at radius 2 is 1.93 bits per heavy atom. The predicted octanol–water partition coefficient (Wildman–Crippen LogP) is 4.90. The highest BCUT2D eigenvalue weighted by Gasteiger charge is 2.11. The van der Waals surface area contributed by atoms with Crippen LogP contribution in [0.1, 0.15) is 9.67 Å². The highest BCUT2D eigenvalue weighted by Crippen LogP contribution is 2.31. The van der Waals surface area contributed by atoms with Gasteiger partial charge in [0.15, 0.2) is 0 Å². The van der Waals surface area contributed by atoms with E-state index >= 15 is 0 Å². The molecule has 7 heteroatoms. The van der Waals surface area contributed by atoms with E-state index in [1.807, 2.05) is 23.6 Å². The van der Waals surface area contributed by atoms with Crippen molar-refractivity contribution in [1.29, 1.82) is 0 Å². The van der Waals surface area contributed by atoms with Crippen molar-refractivity contribution in [3.63, 3.8) is 0 Å². The van der Waals surface area contributed by atoms with E-state index in [1.54, 1.807) is 24.3 Å². The zero-order valence-electron chi connectivity index (χ0n) is 13.9. The molecule has 27 heavy (non-hydrogen) atoms. The fourth-order valence-corrected chi connectivity index (χ4v) is 3.28. The number of anilines is 1. The van der Waals surface area contributed by atoms with Gasteiger partial charge in [-0.25, -0.2) is 4.39 Å². The minimum atomic E-state index is -0.440. The van der Waals surface area contributed by atoms with E-state index in [-0.39, 0.29) is 11.7 Å². The number of halogens is 1. The van der Waals surface area contributed by atoms with Crippen molar-refractivity contribution in [2.75, 3.05) is 5.32 Å². The minimum absolute atomic E-state index is 0.0294. The number of benzene rings is 2. The third-order valence-corrected chi connectivity index (χ3v) is 4.88. The van der Waals surface area contributed by atoms with Gasteiger partial charge in [0.1, 0.15) is 11.6 Å². The number of amides is 1. The van der Waals surface area contributed by atoms with Gasteiger partial charge in [-0.05, 0) is 47.8 Å². The van der Waals surface area contributed by atoms with Gasteiger partial charge in [-0.3, -0.25) is 9.89 Å². The number of rotatable bonds is 4. The van der Waals surface area contributed by atoms with Crippen molar-refractivity contribution in [1.82, 2.24) is 10.2 Å². The topological polar surface area (TPSA) is 78.0 Å². The normalized spacial score (nSPS) is 10.7. The second kappa shape index (κ2) is 7.05. The maximum Gasteiger partial charge on any atom is 0.265 e. The van der Waals surface area contributed by atoms with Crippen LogP contribution in [0.25, 0.3) is 22.5 Å².